The van der Waals surface area contributed by atoms with Crippen molar-refractivity contribution in [1.29, 1.82) is 0 Å². The lowest BCUT2D eigenvalue weighted by Crippen LogP contribution is -2.43. The number of hydrogen-bond donors (Lipinski definition) is 2. The Morgan fingerprint density at radius 2 is 2.26 bits per heavy atom. The van der Waals surface area contributed by atoms with Gasteiger partial charge in [0.15, 0.2) is 5.78 Å². The molecule has 1 radical (unpaired) electrons. The van der Waals surface area contributed by atoms with Crippen LogP contribution in [0.15, 0.2) is 0 Å². The van der Waals surface area contributed by atoms with Crippen LogP contribution in [0.3, 0.4) is 0 Å². The van der Waals surface area contributed by atoms with Crippen LogP contribution in [-0.2, 0) is 19.1 Å². The van der Waals surface area contributed by atoms with Gasteiger partial charge in [-0.15, -0.1) is 0 Å². The summed E-state index contributed by atoms with van der Waals surface area (Å²) in [5.41, 5.74) is 5.11. The minimum atomic E-state index is -0.493. The fourth-order valence-corrected chi connectivity index (χ4v) is 1.77. The van der Waals surface area contributed by atoms with Gasteiger partial charge in [0.2, 0.25) is 11.8 Å². The van der Waals surface area contributed by atoms with Crippen LogP contribution < -0.4 is 11.1 Å². The molecule has 6 nitrogen and oxygen atoms in total. The Morgan fingerprint density at radius 3 is 2.95 bits per heavy atom. The summed E-state index contributed by atoms with van der Waals surface area (Å²) in [7, 11) is 0. The van der Waals surface area contributed by atoms with Gasteiger partial charge < -0.3 is 15.8 Å². The minimum absolute atomic E-state index is 0.0443. The molecule has 0 aliphatic carbocycles. The van der Waals surface area contributed by atoms with Crippen LogP contribution in [0.1, 0.15) is 32.6 Å². The van der Waals surface area contributed by atoms with Crippen molar-refractivity contribution in [3.63, 3.8) is 0 Å². The minimum Gasteiger partial charge on any atom is -0.374 e. The molecule has 0 aromatic carbocycles. The lowest BCUT2D eigenvalue weighted by molar-refractivity contribution is -0.130. The number of rotatable bonds is 5. The Bertz CT molecular complexity index is 344. The highest BCUT2D eigenvalue weighted by molar-refractivity contribution is 5.93. The predicted molar refractivity (Wildman–Crippen MR) is 68.9 cm³/mol. The molecule has 0 aromatic heterocycles. The Labute approximate surface area is 113 Å². The standard InChI is InChI=1S/C13H21N2O4/c1-9(13(14)18)5-6-12(17)15-10-4-2-3-7-19-8-11(10)16/h6,9-10H,2-5,7-8H2,1H3,(H2,14,18)(H,15,17)/t9-,10-/m0/s1. The van der Waals surface area contributed by atoms with Gasteiger partial charge in [-0.3, -0.25) is 14.4 Å². The lowest BCUT2D eigenvalue weighted by atomic mass is 10.0. The summed E-state index contributed by atoms with van der Waals surface area (Å²) in [5.74, 6) is -1.28. The number of nitrogens with one attached hydrogen (secondary N) is 1. The van der Waals surface area contributed by atoms with Crippen molar-refractivity contribution in [3.05, 3.63) is 6.42 Å². The van der Waals surface area contributed by atoms with Crippen molar-refractivity contribution in [1.82, 2.24) is 5.32 Å². The van der Waals surface area contributed by atoms with Crippen molar-refractivity contribution < 1.29 is 19.1 Å². The van der Waals surface area contributed by atoms with Crippen molar-refractivity contribution in [2.45, 2.75) is 38.6 Å². The number of nitrogens with two attached hydrogens (primary N) is 1. The highest BCUT2D eigenvalue weighted by Gasteiger charge is 2.22. The molecule has 0 spiro atoms. The fourth-order valence-electron chi connectivity index (χ4n) is 1.77. The first kappa shape index (κ1) is 15.6. The zero-order valence-corrected chi connectivity index (χ0v) is 11.2. The van der Waals surface area contributed by atoms with Gasteiger partial charge in [-0.25, -0.2) is 0 Å². The molecule has 0 saturated carbocycles. The van der Waals surface area contributed by atoms with E-state index in [0.717, 1.165) is 12.8 Å². The number of ketones is 1. The van der Waals surface area contributed by atoms with Crippen molar-refractivity contribution >= 4 is 17.6 Å². The van der Waals surface area contributed by atoms with E-state index in [0.29, 0.717) is 13.0 Å². The first-order valence-electron chi connectivity index (χ1n) is 6.54. The van der Waals surface area contributed by atoms with Crippen LogP contribution in [0.2, 0.25) is 0 Å². The van der Waals surface area contributed by atoms with Gasteiger partial charge in [0.25, 0.3) is 0 Å². The van der Waals surface area contributed by atoms with E-state index in [1.807, 2.05) is 0 Å². The maximum absolute atomic E-state index is 11.7. The van der Waals surface area contributed by atoms with Crippen molar-refractivity contribution in [3.8, 4) is 0 Å². The second-order valence-electron chi connectivity index (χ2n) is 4.82. The predicted octanol–water partition coefficient (Wildman–Crippen LogP) is -0.0434. The van der Waals surface area contributed by atoms with E-state index in [4.69, 9.17) is 10.5 Å². The smallest absolute Gasteiger partial charge is 0.224 e. The zero-order chi connectivity index (χ0) is 14.3. The number of ether oxygens (including phenoxy) is 1. The Hall–Kier alpha value is -1.43. The molecule has 2 amide bonds. The number of carbonyl (C=O) groups excluding carboxylic acids is 3. The van der Waals surface area contributed by atoms with Crippen molar-refractivity contribution in [2.24, 2.45) is 11.7 Å². The third-order valence-corrected chi connectivity index (χ3v) is 3.12. The summed E-state index contributed by atoms with van der Waals surface area (Å²) in [5, 5.41) is 2.65. The maximum atomic E-state index is 11.7. The first-order valence-corrected chi connectivity index (χ1v) is 6.54. The highest BCUT2D eigenvalue weighted by atomic mass is 16.5. The molecule has 1 aliphatic heterocycles. The molecule has 2 atom stereocenters. The zero-order valence-electron chi connectivity index (χ0n) is 11.2. The quantitative estimate of drug-likeness (QED) is 0.731. The van der Waals surface area contributed by atoms with E-state index >= 15 is 0 Å². The normalized spacial score (nSPS) is 22.2. The summed E-state index contributed by atoms with van der Waals surface area (Å²) >= 11 is 0. The van der Waals surface area contributed by atoms with Crippen LogP contribution in [0.25, 0.3) is 0 Å². The maximum Gasteiger partial charge on any atom is 0.224 e. The average molecular weight is 269 g/mol. The van der Waals surface area contributed by atoms with Crippen LogP contribution in [-0.4, -0.2) is 36.9 Å². The largest absolute Gasteiger partial charge is 0.374 e. The topological polar surface area (TPSA) is 98.5 Å². The molecular weight excluding hydrogens is 248 g/mol. The van der Waals surface area contributed by atoms with Crippen LogP contribution in [0, 0.1) is 12.3 Å². The van der Waals surface area contributed by atoms with Crippen LogP contribution in [0.4, 0.5) is 0 Å². The summed E-state index contributed by atoms with van der Waals surface area (Å²) in [6, 6.07) is -0.493. The monoisotopic (exact) mass is 269 g/mol. The van der Waals surface area contributed by atoms with Gasteiger partial charge in [0.05, 0.1) is 12.5 Å². The molecule has 107 valence electrons. The second kappa shape index (κ2) is 7.89. The molecule has 1 rings (SSSR count). The van der Waals surface area contributed by atoms with E-state index < -0.39 is 11.9 Å². The molecule has 1 fully saturated rings. The molecule has 3 N–H and O–H groups in total. The highest BCUT2D eigenvalue weighted by Crippen LogP contribution is 2.08. The van der Waals surface area contributed by atoms with Crippen LogP contribution >= 0.6 is 0 Å². The number of hydrogen-bond acceptors (Lipinski definition) is 4. The molecule has 19 heavy (non-hydrogen) atoms. The van der Waals surface area contributed by atoms with E-state index in [1.54, 1.807) is 6.92 Å². The summed E-state index contributed by atoms with van der Waals surface area (Å²) < 4.78 is 5.16. The molecule has 0 aromatic rings. The van der Waals surface area contributed by atoms with Gasteiger partial charge in [-0.2, -0.15) is 0 Å². The van der Waals surface area contributed by atoms with E-state index in [1.165, 1.54) is 6.42 Å². The average Bonchev–Trinajstić information content (AvgIpc) is 2.35. The molecule has 6 heteroatoms. The van der Waals surface area contributed by atoms with Gasteiger partial charge in [-0.05, 0) is 25.7 Å². The van der Waals surface area contributed by atoms with Gasteiger partial charge in [0.1, 0.15) is 6.61 Å². The molecule has 1 heterocycles. The molecule has 1 saturated heterocycles. The summed E-state index contributed by atoms with van der Waals surface area (Å²) in [4.78, 5) is 34.2. The summed E-state index contributed by atoms with van der Waals surface area (Å²) in [6.07, 6.45) is 4.00. The number of primary amides is 1. The number of carbonyl (C=O) groups is 3. The van der Waals surface area contributed by atoms with Crippen LogP contribution in [0.5, 0.6) is 0 Å². The third-order valence-electron chi connectivity index (χ3n) is 3.12. The third kappa shape index (κ3) is 5.83. The number of Topliss-reactive ketones (excluding diaryl/α,β-unsaturated/α-hetero) is 1. The Morgan fingerprint density at radius 1 is 1.53 bits per heavy atom. The molecule has 1 aliphatic rings. The SMILES string of the molecule is C[C@@H](C[CH]C(=O)N[C@H]1CCCCOCC1=O)C(N)=O. The van der Waals surface area contributed by atoms with Gasteiger partial charge in [0, 0.05) is 12.5 Å². The summed E-state index contributed by atoms with van der Waals surface area (Å²) in [6.45, 7) is 2.29. The Balaban J connectivity index is 2.36. The first-order chi connectivity index (χ1) is 9.00. The van der Waals surface area contributed by atoms with E-state index in [-0.39, 0.29) is 30.6 Å². The van der Waals surface area contributed by atoms with Crippen molar-refractivity contribution in [2.75, 3.05) is 13.2 Å². The Kier molecular flexibility index (Phi) is 6.49. The second-order valence-corrected chi connectivity index (χ2v) is 4.82. The fraction of sp³-hybridized carbons (Fsp3) is 0.692. The van der Waals surface area contributed by atoms with E-state index in [9.17, 15) is 14.4 Å². The van der Waals surface area contributed by atoms with Gasteiger partial charge >= 0.3 is 0 Å². The molecule has 0 unspecified atom stereocenters. The number of amides is 2. The van der Waals surface area contributed by atoms with Gasteiger partial charge in [-0.1, -0.05) is 6.92 Å². The lowest BCUT2D eigenvalue weighted by Gasteiger charge is -2.20. The van der Waals surface area contributed by atoms with E-state index in [2.05, 4.69) is 5.32 Å². The molecular formula is C13H21N2O4. The molecule has 0 bridgehead atoms.